The molecule has 3 heteroatoms. The number of para-hydroxylation sites is 1. The highest BCUT2D eigenvalue weighted by Gasteiger charge is 2.03. The van der Waals surface area contributed by atoms with E-state index in [1.54, 1.807) is 6.26 Å². The van der Waals surface area contributed by atoms with Gasteiger partial charge in [0.25, 0.3) is 6.47 Å². The minimum absolute atomic E-state index is 0.264. The van der Waals surface area contributed by atoms with Gasteiger partial charge in [-0.1, -0.05) is 18.2 Å². The lowest BCUT2D eigenvalue weighted by atomic mass is 10.2. The van der Waals surface area contributed by atoms with E-state index in [0.717, 1.165) is 16.5 Å². The van der Waals surface area contributed by atoms with E-state index in [0.29, 0.717) is 6.47 Å². The first-order valence-electron chi connectivity index (χ1n) is 3.92. The maximum absolute atomic E-state index is 9.98. The van der Waals surface area contributed by atoms with Crippen molar-refractivity contribution in [1.29, 1.82) is 0 Å². The molecule has 0 amide bonds. The van der Waals surface area contributed by atoms with Crippen LogP contribution < -0.4 is 0 Å². The summed E-state index contributed by atoms with van der Waals surface area (Å²) in [6, 6.07) is 7.63. The molecule has 0 fully saturated rings. The molecule has 0 saturated carbocycles. The van der Waals surface area contributed by atoms with Crippen molar-refractivity contribution < 1.29 is 13.9 Å². The minimum Gasteiger partial charge on any atom is -0.464 e. The van der Waals surface area contributed by atoms with Gasteiger partial charge in [0.1, 0.15) is 12.2 Å². The van der Waals surface area contributed by atoms with E-state index in [1.807, 2.05) is 24.3 Å². The molecule has 0 unspecified atom stereocenters. The van der Waals surface area contributed by atoms with Gasteiger partial charge < -0.3 is 9.15 Å². The number of hydrogen-bond acceptors (Lipinski definition) is 3. The number of hydrogen-bond donors (Lipinski definition) is 0. The fourth-order valence-corrected chi connectivity index (χ4v) is 1.27. The third kappa shape index (κ3) is 1.40. The van der Waals surface area contributed by atoms with E-state index < -0.39 is 0 Å². The number of rotatable bonds is 3. The van der Waals surface area contributed by atoms with Gasteiger partial charge >= 0.3 is 0 Å². The van der Waals surface area contributed by atoms with Crippen LogP contribution >= 0.6 is 0 Å². The molecule has 3 nitrogen and oxygen atoms in total. The molecule has 66 valence electrons. The summed E-state index contributed by atoms with van der Waals surface area (Å²) in [6.45, 7) is 0.697. The van der Waals surface area contributed by atoms with Crippen LogP contribution in [0.2, 0.25) is 0 Å². The molecule has 0 aliphatic rings. The Morgan fingerprint density at radius 3 is 3.08 bits per heavy atom. The molecule has 0 saturated heterocycles. The molecule has 2 rings (SSSR count). The van der Waals surface area contributed by atoms with Crippen LogP contribution in [-0.2, 0) is 16.1 Å². The van der Waals surface area contributed by atoms with Gasteiger partial charge in [-0.05, 0) is 6.07 Å². The van der Waals surface area contributed by atoms with Gasteiger partial charge in [-0.2, -0.15) is 0 Å². The normalized spacial score (nSPS) is 10.2. The lowest BCUT2D eigenvalue weighted by Gasteiger charge is -1.94. The summed E-state index contributed by atoms with van der Waals surface area (Å²) in [7, 11) is 0. The minimum atomic E-state index is 0.264. The van der Waals surface area contributed by atoms with Gasteiger partial charge in [-0.15, -0.1) is 0 Å². The molecule has 0 N–H and O–H groups in total. The fourth-order valence-electron chi connectivity index (χ4n) is 1.27. The zero-order valence-corrected chi connectivity index (χ0v) is 6.90. The molecular weight excluding hydrogens is 168 g/mol. The Balaban J connectivity index is 2.40. The number of furan rings is 1. The van der Waals surface area contributed by atoms with Gasteiger partial charge in [-0.25, -0.2) is 0 Å². The van der Waals surface area contributed by atoms with Crippen LogP contribution in [0.4, 0.5) is 0 Å². The van der Waals surface area contributed by atoms with Crippen LogP contribution in [-0.4, -0.2) is 6.47 Å². The van der Waals surface area contributed by atoms with Crippen LogP contribution in [0.1, 0.15) is 5.56 Å². The van der Waals surface area contributed by atoms with Crippen LogP contribution in [0.25, 0.3) is 11.0 Å². The van der Waals surface area contributed by atoms with Crippen molar-refractivity contribution in [3.63, 3.8) is 0 Å². The molecule has 1 aromatic heterocycles. The summed E-state index contributed by atoms with van der Waals surface area (Å²) >= 11 is 0. The molecule has 0 atom stereocenters. The Kier molecular flexibility index (Phi) is 2.00. The number of benzene rings is 1. The average molecular weight is 176 g/mol. The molecule has 1 heterocycles. The fraction of sp³-hybridized carbons (Fsp3) is 0.100. The SMILES string of the molecule is O=COCc1coc2ccccc12. The second-order valence-electron chi connectivity index (χ2n) is 2.66. The molecule has 0 aliphatic heterocycles. The molecule has 0 spiro atoms. The average Bonchev–Trinajstić information content (AvgIpc) is 2.58. The van der Waals surface area contributed by atoms with E-state index in [-0.39, 0.29) is 6.61 Å². The summed E-state index contributed by atoms with van der Waals surface area (Å²) in [5, 5.41) is 0.990. The standard InChI is InChI=1S/C10H8O3/c11-7-12-5-8-6-13-10-4-2-1-3-9(8)10/h1-4,6-7H,5H2. The summed E-state index contributed by atoms with van der Waals surface area (Å²) < 4.78 is 9.90. The van der Waals surface area contributed by atoms with E-state index in [1.165, 1.54) is 0 Å². The lowest BCUT2D eigenvalue weighted by molar-refractivity contribution is -0.129. The van der Waals surface area contributed by atoms with Gasteiger partial charge in [0, 0.05) is 10.9 Å². The Morgan fingerprint density at radius 1 is 1.38 bits per heavy atom. The molecule has 0 bridgehead atoms. The molecule has 13 heavy (non-hydrogen) atoms. The first kappa shape index (κ1) is 7.86. The second kappa shape index (κ2) is 3.31. The number of carbonyl (C=O) groups is 1. The smallest absolute Gasteiger partial charge is 0.293 e. The zero-order chi connectivity index (χ0) is 9.10. The summed E-state index contributed by atoms with van der Waals surface area (Å²) in [5.74, 6) is 0. The molecule has 1 aromatic carbocycles. The second-order valence-corrected chi connectivity index (χ2v) is 2.66. The molecule has 0 aliphatic carbocycles. The van der Waals surface area contributed by atoms with Crippen LogP contribution in [0, 0.1) is 0 Å². The van der Waals surface area contributed by atoms with Crippen molar-refractivity contribution in [2.24, 2.45) is 0 Å². The Bertz CT molecular complexity index is 417. The van der Waals surface area contributed by atoms with Crippen molar-refractivity contribution in [2.45, 2.75) is 6.61 Å². The van der Waals surface area contributed by atoms with E-state index in [2.05, 4.69) is 4.74 Å². The van der Waals surface area contributed by atoms with Gasteiger partial charge in [0.15, 0.2) is 0 Å². The van der Waals surface area contributed by atoms with Crippen molar-refractivity contribution in [2.75, 3.05) is 0 Å². The summed E-state index contributed by atoms with van der Waals surface area (Å²) in [6.07, 6.45) is 1.61. The number of carbonyl (C=O) groups excluding carboxylic acids is 1. The van der Waals surface area contributed by atoms with Crippen molar-refractivity contribution >= 4 is 17.4 Å². The molecule has 0 radical (unpaired) electrons. The van der Waals surface area contributed by atoms with Crippen LogP contribution in [0.3, 0.4) is 0 Å². The first-order valence-corrected chi connectivity index (χ1v) is 3.92. The van der Waals surface area contributed by atoms with Crippen molar-refractivity contribution in [3.05, 3.63) is 36.1 Å². The lowest BCUT2D eigenvalue weighted by Crippen LogP contribution is -1.87. The quantitative estimate of drug-likeness (QED) is 0.672. The predicted molar refractivity (Wildman–Crippen MR) is 47.1 cm³/mol. The van der Waals surface area contributed by atoms with Crippen LogP contribution in [0.15, 0.2) is 34.9 Å². The Labute approximate surface area is 74.9 Å². The van der Waals surface area contributed by atoms with E-state index in [9.17, 15) is 4.79 Å². The third-order valence-electron chi connectivity index (χ3n) is 1.87. The number of fused-ring (bicyclic) bond motifs is 1. The van der Waals surface area contributed by atoms with Crippen LogP contribution in [0.5, 0.6) is 0 Å². The maximum Gasteiger partial charge on any atom is 0.293 e. The highest BCUT2D eigenvalue weighted by molar-refractivity contribution is 5.80. The summed E-state index contributed by atoms with van der Waals surface area (Å²) in [4.78, 5) is 9.98. The zero-order valence-electron chi connectivity index (χ0n) is 6.90. The number of ether oxygens (including phenoxy) is 1. The van der Waals surface area contributed by atoms with Gasteiger partial charge in [0.2, 0.25) is 0 Å². The highest BCUT2D eigenvalue weighted by Crippen LogP contribution is 2.20. The predicted octanol–water partition coefficient (Wildman–Crippen LogP) is 2.11. The summed E-state index contributed by atoms with van der Waals surface area (Å²) in [5.41, 5.74) is 1.70. The first-order chi connectivity index (χ1) is 6.42. The van der Waals surface area contributed by atoms with Gasteiger partial charge in [-0.3, -0.25) is 4.79 Å². The topological polar surface area (TPSA) is 39.4 Å². The third-order valence-corrected chi connectivity index (χ3v) is 1.87. The molecular formula is C10H8O3. The van der Waals surface area contributed by atoms with Crippen molar-refractivity contribution in [3.8, 4) is 0 Å². The maximum atomic E-state index is 9.98. The largest absolute Gasteiger partial charge is 0.464 e. The monoisotopic (exact) mass is 176 g/mol. The van der Waals surface area contributed by atoms with Gasteiger partial charge in [0.05, 0.1) is 6.26 Å². The Hall–Kier alpha value is -1.77. The molecule has 2 aromatic rings. The Morgan fingerprint density at radius 2 is 2.23 bits per heavy atom. The van der Waals surface area contributed by atoms with Crippen molar-refractivity contribution in [1.82, 2.24) is 0 Å². The van der Waals surface area contributed by atoms with E-state index >= 15 is 0 Å². The van der Waals surface area contributed by atoms with E-state index in [4.69, 9.17) is 4.42 Å². The highest BCUT2D eigenvalue weighted by atomic mass is 16.5.